The third kappa shape index (κ3) is 2.10. The molecule has 1 amide bonds. The molecule has 1 aliphatic heterocycles. The van der Waals surface area contributed by atoms with Gasteiger partial charge in [0.2, 0.25) is 0 Å². The minimum Gasteiger partial charge on any atom is -0.448 e. The molecule has 4 heteroatoms. The van der Waals surface area contributed by atoms with Crippen molar-refractivity contribution in [3.8, 4) is 0 Å². The highest BCUT2D eigenvalue weighted by Crippen LogP contribution is 2.19. The van der Waals surface area contributed by atoms with Crippen LogP contribution < -0.4 is 0 Å². The molecule has 0 saturated heterocycles. The molecule has 0 N–H and O–H groups in total. The topological polar surface area (TPSA) is 38.8 Å². The highest BCUT2D eigenvalue weighted by atomic mass is 16.7. The summed E-state index contributed by atoms with van der Waals surface area (Å²) in [5, 5.41) is 1.26. The molecular formula is C11H13NO3. The van der Waals surface area contributed by atoms with Crippen LogP contribution in [0.15, 0.2) is 24.3 Å². The largest absolute Gasteiger partial charge is 0.448 e. The average Bonchev–Trinajstić information content (AvgIpc) is 2.29. The van der Waals surface area contributed by atoms with Crippen molar-refractivity contribution in [2.45, 2.75) is 20.1 Å². The minimum absolute atomic E-state index is 0.361. The molecule has 2 rings (SSSR count). The standard InChI is InChI=1S/C11H13NO3/c1-2-14-11(13)12-7-9-5-3-4-6-10(9)8-15-12/h3-6H,2,7-8H2,1H3. The Bertz CT molecular complexity index is 365. The summed E-state index contributed by atoms with van der Waals surface area (Å²) in [5.41, 5.74) is 2.23. The van der Waals surface area contributed by atoms with E-state index in [0.29, 0.717) is 19.8 Å². The van der Waals surface area contributed by atoms with Gasteiger partial charge in [0.15, 0.2) is 0 Å². The Balaban J connectivity index is 2.08. The van der Waals surface area contributed by atoms with E-state index in [1.165, 1.54) is 5.06 Å². The first-order chi connectivity index (χ1) is 7.31. The number of benzene rings is 1. The maximum absolute atomic E-state index is 11.4. The number of carbonyl (C=O) groups excluding carboxylic acids is 1. The van der Waals surface area contributed by atoms with E-state index in [0.717, 1.165) is 11.1 Å². The Morgan fingerprint density at radius 2 is 2.20 bits per heavy atom. The number of fused-ring (bicyclic) bond motifs is 1. The van der Waals surface area contributed by atoms with Crippen LogP contribution in [0, 0.1) is 0 Å². The van der Waals surface area contributed by atoms with Gasteiger partial charge in [-0.25, -0.2) is 4.79 Å². The van der Waals surface area contributed by atoms with E-state index >= 15 is 0 Å². The van der Waals surface area contributed by atoms with E-state index in [1.807, 2.05) is 24.3 Å². The van der Waals surface area contributed by atoms with Crippen LogP contribution in [0.5, 0.6) is 0 Å². The molecular weight excluding hydrogens is 194 g/mol. The summed E-state index contributed by atoms with van der Waals surface area (Å²) < 4.78 is 4.86. The van der Waals surface area contributed by atoms with Crippen molar-refractivity contribution in [2.75, 3.05) is 6.61 Å². The number of carbonyl (C=O) groups is 1. The molecule has 1 aromatic rings. The van der Waals surface area contributed by atoms with Crippen LogP contribution in [0.1, 0.15) is 18.1 Å². The summed E-state index contributed by atoms with van der Waals surface area (Å²) >= 11 is 0. The van der Waals surface area contributed by atoms with Gasteiger partial charge in [0.1, 0.15) is 6.61 Å². The first-order valence-corrected chi connectivity index (χ1v) is 4.95. The van der Waals surface area contributed by atoms with Crippen LogP contribution in [0.25, 0.3) is 0 Å². The zero-order chi connectivity index (χ0) is 10.7. The summed E-state index contributed by atoms with van der Waals surface area (Å²) in [7, 11) is 0. The van der Waals surface area contributed by atoms with Gasteiger partial charge in [-0.1, -0.05) is 24.3 Å². The smallest absolute Gasteiger partial charge is 0.434 e. The lowest BCUT2D eigenvalue weighted by atomic mass is 10.1. The summed E-state index contributed by atoms with van der Waals surface area (Å²) in [5.74, 6) is 0. The number of hydroxylamine groups is 2. The Morgan fingerprint density at radius 1 is 1.47 bits per heavy atom. The van der Waals surface area contributed by atoms with Gasteiger partial charge < -0.3 is 4.74 Å². The Kier molecular flexibility index (Phi) is 2.87. The molecule has 0 radical (unpaired) electrons. The van der Waals surface area contributed by atoms with Crippen LogP contribution in [0.3, 0.4) is 0 Å². The molecule has 0 unspecified atom stereocenters. The summed E-state index contributed by atoms with van der Waals surface area (Å²) in [4.78, 5) is 16.7. The Labute approximate surface area is 88.4 Å². The van der Waals surface area contributed by atoms with Crippen molar-refractivity contribution in [3.63, 3.8) is 0 Å². The van der Waals surface area contributed by atoms with Gasteiger partial charge in [0, 0.05) is 0 Å². The summed E-state index contributed by atoms with van der Waals surface area (Å²) in [6, 6.07) is 7.90. The number of ether oxygens (including phenoxy) is 1. The van der Waals surface area contributed by atoms with E-state index in [9.17, 15) is 4.79 Å². The molecule has 80 valence electrons. The Morgan fingerprint density at radius 3 is 2.93 bits per heavy atom. The fourth-order valence-corrected chi connectivity index (χ4v) is 1.51. The second-order valence-corrected chi connectivity index (χ2v) is 3.28. The predicted octanol–water partition coefficient (Wildman–Crippen LogP) is 2.09. The molecule has 0 fully saturated rings. The second-order valence-electron chi connectivity index (χ2n) is 3.28. The quantitative estimate of drug-likeness (QED) is 0.707. The molecule has 1 heterocycles. The number of rotatable bonds is 1. The molecule has 0 aliphatic carbocycles. The van der Waals surface area contributed by atoms with Gasteiger partial charge >= 0.3 is 6.09 Å². The van der Waals surface area contributed by atoms with Gasteiger partial charge in [-0.3, -0.25) is 4.84 Å². The summed E-state index contributed by atoms with van der Waals surface area (Å²) in [6.07, 6.45) is -0.424. The van der Waals surface area contributed by atoms with Crippen LogP contribution in [-0.2, 0) is 22.7 Å². The van der Waals surface area contributed by atoms with Crippen molar-refractivity contribution >= 4 is 6.09 Å². The predicted molar refractivity (Wildman–Crippen MR) is 53.8 cm³/mol. The highest BCUT2D eigenvalue weighted by molar-refractivity contribution is 5.66. The summed E-state index contributed by atoms with van der Waals surface area (Å²) in [6.45, 7) is 3.01. The number of hydrogen-bond acceptors (Lipinski definition) is 3. The fourth-order valence-electron chi connectivity index (χ4n) is 1.51. The first kappa shape index (κ1) is 9.98. The van der Waals surface area contributed by atoms with Crippen molar-refractivity contribution in [2.24, 2.45) is 0 Å². The van der Waals surface area contributed by atoms with Crippen molar-refractivity contribution in [1.82, 2.24) is 5.06 Å². The van der Waals surface area contributed by atoms with Gasteiger partial charge in [-0.05, 0) is 18.1 Å². The van der Waals surface area contributed by atoms with Gasteiger partial charge in [-0.15, -0.1) is 0 Å². The minimum atomic E-state index is -0.424. The van der Waals surface area contributed by atoms with Crippen LogP contribution in [0.2, 0.25) is 0 Å². The van der Waals surface area contributed by atoms with Gasteiger partial charge in [-0.2, -0.15) is 5.06 Å². The molecule has 0 spiro atoms. The van der Waals surface area contributed by atoms with Crippen LogP contribution >= 0.6 is 0 Å². The molecule has 0 atom stereocenters. The zero-order valence-electron chi connectivity index (χ0n) is 8.60. The van der Waals surface area contributed by atoms with Gasteiger partial charge in [0.05, 0.1) is 13.2 Å². The van der Waals surface area contributed by atoms with E-state index in [4.69, 9.17) is 9.57 Å². The molecule has 1 aliphatic rings. The van der Waals surface area contributed by atoms with Crippen molar-refractivity contribution in [3.05, 3.63) is 35.4 Å². The van der Waals surface area contributed by atoms with Crippen molar-refractivity contribution in [1.29, 1.82) is 0 Å². The average molecular weight is 207 g/mol. The van der Waals surface area contributed by atoms with Crippen LogP contribution in [0.4, 0.5) is 4.79 Å². The second kappa shape index (κ2) is 4.31. The number of hydrogen-bond donors (Lipinski definition) is 0. The van der Waals surface area contributed by atoms with E-state index < -0.39 is 6.09 Å². The monoisotopic (exact) mass is 207 g/mol. The van der Waals surface area contributed by atoms with Gasteiger partial charge in [0.25, 0.3) is 0 Å². The van der Waals surface area contributed by atoms with Crippen LogP contribution in [-0.4, -0.2) is 17.8 Å². The lowest BCUT2D eigenvalue weighted by Crippen LogP contribution is -2.34. The zero-order valence-corrected chi connectivity index (χ0v) is 8.60. The maximum Gasteiger partial charge on any atom is 0.434 e. The maximum atomic E-state index is 11.4. The van der Waals surface area contributed by atoms with E-state index in [-0.39, 0.29) is 0 Å². The molecule has 0 bridgehead atoms. The SMILES string of the molecule is CCOC(=O)N1Cc2ccccc2CO1. The normalized spacial score (nSPS) is 14.6. The number of amides is 1. The van der Waals surface area contributed by atoms with Crippen molar-refractivity contribution < 1.29 is 14.4 Å². The lowest BCUT2D eigenvalue weighted by molar-refractivity contribution is -0.161. The fraction of sp³-hybridized carbons (Fsp3) is 0.364. The highest BCUT2D eigenvalue weighted by Gasteiger charge is 2.22. The van der Waals surface area contributed by atoms with E-state index in [2.05, 4.69) is 0 Å². The third-order valence-electron chi connectivity index (χ3n) is 2.28. The lowest BCUT2D eigenvalue weighted by Gasteiger charge is -2.26. The molecule has 4 nitrogen and oxygen atoms in total. The first-order valence-electron chi connectivity index (χ1n) is 4.95. The molecule has 1 aromatic carbocycles. The molecule has 15 heavy (non-hydrogen) atoms. The molecule has 0 saturated carbocycles. The third-order valence-corrected chi connectivity index (χ3v) is 2.28. The Hall–Kier alpha value is -1.55. The molecule has 0 aromatic heterocycles. The van der Waals surface area contributed by atoms with E-state index in [1.54, 1.807) is 6.92 Å². The number of nitrogens with zero attached hydrogens (tertiary/aromatic N) is 1.